The molecule has 0 aromatic carbocycles. The van der Waals surface area contributed by atoms with Crippen molar-refractivity contribution in [2.45, 2.75) is 58.1 Å². The molecule has 1 aromatic rings. The third-order valence-corrected chi connectivity index (χ3v) is 8.25. The number of nitrogens with two attached hydrogens (primary N) is 1. The van der Waals surface area contributed by atoms with Gasteiger partial charge in [0.1, 0.15) is 24.2 Å². The van der Waals surface area contributed by atoms with Crippen LogP contribution in [0.15, 0.2) is 21.8 Å². The minimum Gasteiger partial charge on any atom is -0.543 e. The summed E-state index contributed by atoms with van der Waals surface area (Å²) >= 11 is 2.73. The molecule has 13 heteroatoms. The molecule has 3 rings (SSSR count). The van der Waals surface area contributed by atoms with Crippen LogP contribution in [-0.2, 0) is 25.8 Å². The van der Waals surface area contributed by atoms with Crippen LogP contribution >= 0.6 is 23.1 Å². The second-order valence-corrected chi connectivity index (χ2v) is 11.0. The van der Waals surface area contributed by atoms with Gasteiger partial charge in [-0.25, -0.2) is 4.98 Å². The van der Waals surface area contributed by atoms with Crippen LogP contribution in [0.3, 0.4) is 0 Å². The van der Waals surface area contributed by atoms with Crippen molar-refractivity contribution in [3.05, 3.63) is 22.3 Å². The third kappa shape index (κ3) is 6.37. The molecule has 11 nitrogen and oxygen atoms in total. The number of nitrogens with zero attached hydrogens (tertiary/aromatic N) is 4. The van der Waals surface area contributed by atoms with Gasteiger partial charge in [-0.2, -0.15) is 0 Å². The lowest BCUT2D eigenvalue weighted by atomic mass is 10.0. The standard InChI is InChI=1S/C23H34N6O5S2/c1-4-7-29(8-5-2,9-6-3)11-15-13-35-21-18(20(31)28(21)19(15)22(32)33)27-17(30)10-25-34-12-16-14-36-23(24)26-16/h10,14,18,21H,4-9,11-13H2,1-3H3,(H3-,24,26,27,30,32,33)/t18?,21-/m0/s1. The predicted molar refractivity (Wildman–Crippen MR) is 137 cm³/mol. The number of hydrogen-bond acceptors (Lipinski definition) is 10. The fraction of sp³-hybridized carbons (Fsp3) is 0.609. The van der Waals surface area contributed by atoms with E-state index in [0.717, 1.165) is 55.2 Å². The minimum absolute atomic E-state index is 0.0420. The first-order valence-corrected chi connectivity index (χ1v) is 14.1. The number of oxime groups is 1. The van der Waals surface area contributed by atoms with Gasteiger partial charge in [0, 0.05) is 16.7 Å². The molecule has 0 bridgehead atoms. The van der Waals surface area contributed by atoms with E-state index in [1.54, 1.807) is 5.38 Å². The third-order valence-electron chi connectivity index (χ3n) is 6.18. The average Bonchev–Trinajstić information content (AvgIpc) is 3.25. The van der Waals surface area contributed by atoms with E-state index in [0.29, 0.717) is 23.1 Å². The van der Waals surface area contributed by atoms with Gasteiger partial charge >= 0.3 is 0 Å². The minimum atomic E-state index is -1.35. The SMILES string of the molecule is CCC[N+](CCC)(CCC)CC1=C(C(=O)[O-])N2C(=O)C(NC(=O)C=NOCc3csc(N)n3)[C@@H]2SC1. The highest BCUT2D eigenvalue weighted by Gasteiger charge is 2.53. The number of carbonyl (C=O) groups is 3. The van der Waals surface area contributed by atoms with E-state index in [2.05, 4.69) is 36.2 Å². The lowest BCUT2D eigenvalue weighted by Gasteiger charge is -2.51. The molecule has 198 valence electrons. The number of rotatable bonds is 14. The summed E-state index contributed by atoms with van der Waals surface area (Å²) in [5.74, 6) is -1.96. The summed E-state index contributed by atoms with van der Waals surface area (Å²) in [6.45, 7) is 9.88. The molecule has 1 fully saturated rings. The van der Waals surface area contributed by atoms with Crippen LogP contribution in [0.25, 0.3) is 0 Å². The number of thioether (sulfide) groups is 1. The van der Waals surface area contributed by atoms with Crippen LogP contribution in [0.1, 0.15) is 45.7 Å². The zero-order valence-corrected chi connectivity index (χ0v) is 22.5. The molecule has 2 aliphatic rings. The Bertz CT molecular complexity index is 1010. The molecule has 1 aromatic heterocycles. The smallest absolute Gasteiger partial charge is 0.266 e. The van der Waals surface area contributed by atoms with E-state index in [-0.39, 0.29) is 12.3 Å². The molecule has 2 amide bonds. The van der Waals surface area contributed by atoms with Crippen molar-refractivity contribution < 1.29 is 28.8 Å². The average molecular weight is 539 g/mol. The number of aliphatic carboxylic acids is 1. The van der Waals surface area contributed by atoms with Crippen molar-refractivity contribution in [2.75, 3.05) is 37.7 Å². The fourth-order valence-corrected chi connectivity index (χ4v) is 6.84. The molecule has 3 heterocycles. The van der Waals surface area contributed by atoms with Gasteiger partial charge in [-0.05, 0) is 19.3 Å². The van der Waals surface area contributed by atoms with Crippen molar-refractivity contribution in [2.24, 2.45) is 5.16 Å². The Morgan fingerprint density at radius 3 is 2.53 bits per heavy atom. The Hall–Kier alpha value is -2.64. The van der Waals surface area contributed by atoms with E-state index in [1.807, 2.05) is 0 Å². The van der Waals surface area contributed by atoms with Gasteiger partial charge in [-0.3, -0.25) is 14.5 Å². The number of carboxylic acid groups (broad SMARTS) is 1. The fourth-order valence-electron chi connectivity index (χ4n) is 4.96. The number of nitrogens with one attached hydrogen (secondary N) is 1. The number of quaternary nitrogens is 1. The highest BCUT2D eigenvalue weighted by Crippen LogP contribution is 2.40. The van der Waals surface area contributed by atoms with Gasteiger partial charge in [0.15, 0.2) is 11.7 Å². The molecule has 36 heavy (non-hydrogen) atoms. The molecule has 2 aliphatic heterocycles. The number of amides is 2. The first-order valence-electron chi connectivity index (χ1n) is 12.1. The summed E-state index contributed by atoms with van der Waals surface area (Å²) in [5.41, 5.74) is 6.82. The molecule has 0 aliphatic carbocycles. The Balaban J connectivity index is 1.66. The van der Waals surface area contributed by atoms with E-state index in [1.165, 1.54) is 28.0 Å². The van der Waals surface area contributed by atoms with Crippen LogP contribution in [0.5, 0.6) is 0 Å². The summed E-state index contributed by atoms with van der Waals surface area (Å²) in [5, 5.41) is 20.0. The molecule has 0 radical (unpaired) electrons. The summed E-state index contributed by atoms with van der Waals surface area (Å²) in [7, 11) is 0. The monoisotopic (exact) mass is 538 g/mol. The van der Waals surface area contributed by atoms with Crippen LogP contribution in [0, 0.1) is 0 Å². The number of β-lactam (4-membered cyclic amide) rings is 1. The Morgan fingerprint density at radius 1 is 1.31 bits per heavy atom. The van der Waals surface area contributed by atoms with Gasteiger partial charge in [-0.15, -0.1) is 23.1 Å². The van der Waals surface area contributed by atoms with Crippen molar-refractivity contribution in [1.82, 2.24) is 15.2 Å². The molecular formula is C23H34N6O5S2. The summed E-state index contributed by atoms with van der Waals surface area (Å²) in [4.78, 5) is 47.7. The molecule has 0 spiro atoms. The summed E-state index contributed by atoms with van der Waals surface area (Å²) < 4.78 is 0.799. The maximum absolute atomic E-state index is 12.9. The molecule has 1 saturated heterocycles. The molecular weight excluding hydrogens is 504 g/mol. The molecule has 1 unspecified atom stereocenters. The van der Waals surface area contributed by atoms with Crippen molar-refractivity contribution in [3.63, 3.8) is 0 Å². The Kier molecular flexibility index (Phi) is 9.74. The number of carbonyl (C=O) groups excluding carboxylic acids is 3. The van der Waals surface area contributed by atoms with Crippen LogP contribution in [-0.4, -0.2) is 81.7 Å². The van der Waals surface area contributed by atoms with Crippen LogP contribution < -0.4 is 16.2 Å². The molecule has 2 atom stereocenters. The quantitative estimate of drug-likeness (QED) is 0.152. The first kappa shape index (κ1) is 27.9. The Morgan fingerprint density at radius 2 is 1.97 bits per heavy atom. The Labute approximate surface area is 219 Å². The lowest BCUT2D eigenvalue weighted by Crippen LogP contribution is -2.71. The van der Waals surface area contributed by atoms with Gasteiger partial charge in [0.05, 0.1) is 37.0 Å². The predicted octanol–water partition coefficient (Wildman–Crippen LogP) is 0.678. The van der Waals surface area contributed by atoms with Crippen molar-refractivity contribution >= 4 is 52.2 Å². The normalized spacial score (nSPS) is 19.9. The summed E-state index contributed by atoms with van der Waals surface area (Å²) in [6, 6.07) is -0.843. The number of carboxylic acids is 1. The lowest BCUT2D eigenvalue weighted by molar-refractivity contribution is -0.924. The van der Waals surface area contributed by atoms with Gasteiger partial charge in [0.25, 0.3) is 11.8 Å². The second kappa shape index (κ2) is 12.5. The van der Waals surface area contributed by atoms with Gasteiger partial charge < -0.3 is 30.3 Å². The number of aromatic nitrogens is 1. The van der Waals surface area contributed by atoms with Gasteiger partial charge in [-0.1, -0.05) is 25.9 Å². The van der Waals surface area contributed by atoms with Crippen molar-refractivity contribution in [3.8, 4) is 0 Å². The number of nitrogen functional groups attached to an aromatic ring is 1. The van der Waals surface area contributed by atoms with Crippen LogP contribution in [0.2, 0.25) is 0 Å². The molecule has 0 saturated carbocycles. The number of fused-ring (bicyclic) bond motifs is 1. The largest absolute Gasteiger partial charge is 0.543 e. The van der Waals surface area contributed by atoms with Crippen LogP contribution in [0.4, 0.5) is 5.13 Å². The highest BCUT2D eigenvalue weighted by atomic mass is 32.2. The zero-order chi connectivity index (χ0) is 26.3. The van der Waals surface area contributed by atoms with Gasteiger partial charge in [0.2, 0.25) is 0 Å². The first-order chi connectivity index (χ1) is 17.2. The summed E-state index contributed by atoms with van der Waals surface area (Å²) in [6.07, 6.45) is 3.91. The number of thiazole rings is 1. The number of anilines is 1. The van der Waals surface area contributed by atoms with E-state index in [4.69, 9.17) is 10.6 Å². The second-order valence-electron chi connectivity index (χ2n) is 8.99. The maximum Gasteiger partial charge on any atom is 0.266 e. The number of hydrogen-bond donors (Lipinski definition) is 2. The van der Waals surface area contributed by atoms with E-state index in [9.17, 15) is 19.5 Å². The molecule has 3 N–H and O–H groups in total. The maximum atomic E-state index is 12.9. The van der Waals surface area contributed by atoms with Crippen molar-refractivity contribution in [1.29, 1.82) is 0 Å². The van der Waals surface area contributed by atoms with E-state index >= 15 is 0 Å². The topological polar surface area (TPSA) is 150 Å². The van der Waals surface area contributed by atoms with E-state index < -0.39 is 29.2 Å². The zero-order valence-electron chi connectivity index (χ0n) is 20.9. The highest BCUT2D eigenvalue weighted by molar-refractivity contribution is 8.00.